The number of benzene rings is 1. The number of carbonyl (C=O) groups excluding carboxylic acids is 1. The minimum absolute atomic E-state index is 0.00509. The first kappa shape index (κ1) is 23.0. The van der Waals surface area contributed by atoms with E-state index in [9.17, 15) is 18.0 Å². The van der Waals surface area contributed by atoms with Gasteiger partial charge in [0.05, 0.1) is 43.5 Å². The van der Waals surface area contributed by atoms with Crippen molar-refractivity contribution in [2.75, 3.05) is 20.3 Å². The van der Waals surface area contributed by atoms with Crippen molar-refractivity contribution in [1.29, 1.82) is 0 Å². The van der Waals surface area contributed by atoms with E-state index in [2.05, 4.69) is 20.2 Å². The molecule has 1 amide bonds. The number of carbonyl (C=O) groups is 1. The van der Waals surface area contributed by atoms with E-state index in [0.717, 1.165) is 6.20 Å². The molecule has 32 heavy (non-hydrogen) atoms. The minimum Gasteiger partial charge on any atom is -0.497 e. The summed E-state index contributed by atoms with van der Waals surface area (Å²) >= 11 is 0. The Morgan fingerprint density at radius 3 is 2.47 bits per heavy atom. The van der Waals surface area contributed by atoms with E-state index in [4.69, 9.17) is 9.47 Å². The van der Waals surface area contributed by atoms with Gasteiger partial charge >= 0.3 is 6.18 Å². The lowest BCUT2D eigenvalue weighted by atomic mass is 10.1. The molecule has 0 fully saturated rings. The number of rotatable bonds is 8. The number of aromatic nitrogens is 5. The molecule has 0 saturated carbocycles. The maximum absolute atomic E-state index is 13.3. The van der Waals surface area contributed by atoms with Crippen LogP contribution in [0.4, 0.5) is 13.2 Å². The van der Waals surface area contributed by atoms with E-state index in [1.54, 1.807) is 30.0 Å². The molecule has 2 heterocycles. The van der Waals surface area contributed by atoms with E-state index in [1.165, 1.54) is 24.3 Å². The normalized spacial score (nSPS) is 12.3. The molecule has 0 radical (unpaired) electrons. The molecule has 1 aromatic carbocycles. The highest BCUT2D eigenvalue weighted by molar-refractivity contribution is 5.98. The van der Waals surface area contributed by atoms with Gasteiger partial charge in [-0.3, -0.25) is 4.79 Å². The Labute approximate surface area is 181 Å². The molecule has 0 saturated heterocycles. The number of likely N-dealkylation sites (N-methyl/N-ethyl adjacent to an activating group) is 1. The summed E-state index contributed by atoms with van der Waals surface area (Å²) in [6.07, 6.45) is -0.0917. The monoisotopic (exact) mass is 450 g/mol. The van der Waals surface area contributed by atoms with Gasteiger partial charge in [-0.05, 0) is 26.0 Å². The molecule has 3 rings (SSSR count). The third-order valence-corrected chi connectivity index (χ3v) is 4.59. The zero-order valence-electron chi connectivity index (χ0n) is 17.6. The first-order valence-electron chi connectivity index (χ1n) is 9.62. The molecule has 170 valence electrons. The SMILES string of the molecule is CCN(C(=O)c1ccc(OC)cc1-n1nccn1)C(C)COc1cnc(C(F)(F)F)cn1. The minimum atomic E-state index is -4.58. The zero-order valence-corrected chi connectivity index (χ0v) is 17.6. The summed E-state index contributed by atoms with van der Waals surface area (Å²) < 4.78 is 48.5. The Hall–Kier alpha value is -3.70. The highest BCUT2D eigenvalue weighted by atomic mass is 19.4. The molecule has 3 aromatic rings. The predicted molar refractivity (Wildman–Crippen MR) is 107 cm³/mol. The van der Waals surface area contributed by atoms with Crippen molar-refractivity contribution in [1.82, 2.24) is 29.9 Å². The summed E-state index contributed by atoms with van der Waals surface area (Å²) in [4.78, 5) is 23.1. The largest absolute Gasteiger partial charge is 0.497 e. The number of halogens is 3. The molecule has 12 heteroatoms. The summed E-state index contributed by atoms with van der Waals surface area (Å²) in [6.45, 7) is 3.93. The molecule has 1 unspecified atom stereocenters. The third kappa shape index (κ3) is 5.13. The Balaban J connectivity index is 1.76. The van der Waals surface area contributed by atoms with E-state index >= 15 is 0 Å². The third-order valence-electron chi connectivity index (χ3n) is 4.59. The molecule has 0 N–H and O–H groups in total. The van der Waals surface area contributed by atoms with Crippen molar-refractivity contribution >= 4 is 5.91 Å². The van der Waals surface area contributed by atoms with Crippen molar-refractivity contribution in [3.63, 3.8) is 0 Å². The number of methoxy groups -OCH3 is 1. The topological polar surface area (TPSA) is 95.3 Å². The summed E-state index contributed by atoms with van der Waals surface area (Å²) in [7, 11) is 1.51. The number of hydrogen-bond acceptors (Lipinski definition) is 7. The van der Waals surface area contributed by atoms with Crippen molar-refractivity contribution in [2.24, 2.45) is 0 Å². The van der Waals surface area contributed by atoms with Gasteiger partial charge in [-0.2, -0.15) is 28.2 Å². The van der Waals surface area contributed by atoms with Crippen molar-refractivity contribution < 1.29 is 27.4 Å². The molecular weight excluding hydrogens is 429 g/mol. The van der Waals surface area contributed by atoms with Crippen LogP contribution >= 0.6 is 0 Å². The first-order valence-corrected chi connectivity index (χ1v) is 9.62. The zero-order chi connectivity index (χ0) is 23.3. The van der Waals surface area contributed by atoms with Crippen LogP contribution in [-0.4, -0.2) is 62.1 Å². The summed E-state index contributed by atoms with van der Waals surface area (Å²) in [5, 5.41) is 8.19. The smallest absolute Gasteiger partial charge is 0.434 e. The van der Waals surface area contributed by atoms with Gasteiger partial charge in [0.25, 0.3) is 5.91 Å². The van der Waals surface area contributed by atoms with Gasteiger partial charge in [-0.1, -0.05) is 0 Å². The van der Waals surface area contributed by atoms with Gasteiger partial charge in [0.1, 0.15) is 18.0 Å². The van der Waals surface area contributed by atoms with Crippen molar-refractivity contribution in [3.05, 3.63) is 54.2 Å². The molecule has 0 spiro atoms. The maximum Gasteiger partial charge on any atom is 0.434 e. The summed E-state index contributed by atoms with van der Waals surface area (Å²) in [6, 6.07) is 4.52. The van der Waals surface area contributed by atoms with Crippen LogP contribution in [0.5, 0.6) is 11.6 Å². The number of nitrogens with zero attached hydrogens (tertiary/aromatic N) is 6. The average molecular weight is 450 g/mol. The Morgan fingerprint density at radius 1 is 1.19 bits per heavy atom. The van der Waals surface area contributed by atoms with Gasteiger partial charge in [-0.15, -0.1) is 0 Å². The van der Waals surface area contributed by atoms with E-state index in [1.807, 2.05) is 6.92 Å². The van der Waals surface area contributed by atoms with E-state index in [0.29, 0.717) is 29.7 Å². The lowest BCUT2D eigenvalue weighted by Crippen LogP contribution is -2.42. The van der Waals surface area contributed by atoms with E-state index in [-0.39, 0.29) is 18.4 Å². The highest BCUT2D eigenvalue weighted by Crippen LogP contribution is 2.27. The number of ether oxygens (including phenoxy) is 2. The average Bonchev–Trinajstić information content (AvgIpc) is 3.32. The lowest BCUT2D eigenvalue weighted by Gasteiger charge is -2.28. The van der Waals surface area contributed by atoms with Crippen LogP contribution in [0.2, 0.25) is 0 Å². The standard InChI is InChI=1S/C20H21F3N6O3/c1-4-28(13(2)12-32-18-11-24-17(10-25-18)20(21,22)23)19(30)15-6-5-14(31-3)9-16(15)29-26-7-8-27-29/h5-11,13H,4,12H2,1-3H3. The van der Waals surface area contributed by atoms with Gasteiger partial charge in [-0.25, -0.2) is 9.97 Å². The molecule has 0 bridgehead atoms. The fraction of sp³-hybridized carbons (Fsp3) is 0.350. The van der Waals surface area contributed by atoms with Crippen LogP contribution in [0.1, 0.15) is 29.9 Å². The van der Waals surface area contributed by atoms with Crippen LogP contribution in [0, 0.1) is 0 Å². The number of amides is 1. The maximum atomic E-state index is 13.3. The summed E-state index contributed by atoms with van der Waals surface area (Å²) in [5.74, 6) is 0.172. The molecule has 0 aliphatic carbocycles. The first-order chi connectivity index (χ1) is 15.2. The molecule has 0 aliphatic heterocycles. The van der Waals surface area contributed by atoms with E-state index < -0.39 is 17.9 Å². The number of hydrogen-bond donors (Lipinski definition) is 0. The van der Waals surface area contributed by atoms with Gasteiger partial charge in [0.2, 0.25) is 5.88 Å². The second-order valence-corrected chi connectivity index (χ2v) is 6.69. The van der Waals surface area contributed by atoms with Crippen LogP contribution in [0.3, 0.4) is 0 Å². The van der Waals surface area contributed by atoms with Gasteiger partial charge in [0, 0.05) is 12.6 Å². The Kier molecular flexibility index (Phi) is 6.91. The number of alkyl halides is 3. The lowest BCUT2D eigenvalue weighted by molar-refractivity contribution is -0.141. The van der Waals surface area contributed by atoms with Crippen LogP contribution in [-0.2, 0) is 6.18 Å². The molecular formula is C20H21F3N6O3. The fourth-order valence-corrected chi connectivity index (χ4v) is 2.97. The molecule has 1 atom stereocenters. The Morgan fingerprint density at radius 2 is 1.91 bits per heavy atom. The van der Waals surface area contributed by atoms with Gasteiger partial charge < -0.3 is 14.4 Å². The second-order valence-electron chi connectivity index (χ2n) is 6.69. The Bertz CT molecular complexity index is 1040. The molecule has 0 aliphatic rings. The summed E-state index contributed by atoms with van der Waals surface area (Å²) in [5.41, 5.74) is -0.313. The quantitative estimate of drug-likeness (QED) is 0.521. The van der Waals surface area contributed by atoms with Crippen LogP contribution in [0.15, 0.2) is 43.0 Å². The van der Waals surface area contributed by atoms with Gasteiger partial charge in [0.15, 0.2) is 5.69 Å². The fourth-order valence-electron chi connectivity index (χ4n) is 2.97. The predicted octanol–water partition coefficient (Wildman–Crippen LogP) is 3.01. The van der Waals surface area contributed by atoms with Crippen LogP contribution < -0.4 is 9.47 Å². The second kappa shape index (κ2) is 9.62. The van der Waals surface area contributed by atoms with Crippen molar-refractivity contribution in [3.8, 4) is 17.3 Å². The highest BCUT2D eigenvalue weighted by Gasteiger charge is 2.33. The van der Waals surface area contributed by atoms with Crippen LogP contribution in [0.25, 0.3) is 5.69 Å². The molecule has 2 aromatic heterocycles. The van der Waals surface area contributed by atoms with Crippen molar-refractivity contribution in [2.45, 2.75) is 26.1 Å². The molecule has 9 nitrogen and oxygen atoms in total.